The Labute approximate surface area is 145 Å². The van der Waals surface area contributed by atoms with E-state index in [0.717, 1.165) is 4.57 Å². The molecule has 2 rings (SSSR count). The Balaban J connectivity index is 2.36. The molecule has 10 heteroatoms. The van der Waals surface area contributed by atoms with Crippen molar-refractivity contribution in [1.82, 2.24) is 9.55 Å². The van der Waals surface area contributed by atoms with Gasteiger partial charge in [0.2, 0.25) is 5.82 Å². The van der Waals surface area contributed by atoms with E-state index in [2.05, 4.69) is 0 Å². The molecular formula is C15H25FN2O6Si. The zero-order valence-electron chi connectivity index (χ0n) is 14.9. The van der Waals surface area contributed by atoms with Gasteiger partial charge in [-0.3, -0.25) is 14.3 Å². The Morgan fingerprint density at radius 3 is 2.52 bits per heavy atom. The van der Waals surface area contributed by atoms with Crippen molar-refractivity contribution in [2.45, 2.75) is 63.4 Å². The molecule has 1 saturated heterocycles. The highest BCUT2D eigenvalue weighted by Gasteiger charge is 2.50. The third-order valence-corrected chi connectivity index (χ3v) is 9.40. The Hall–Kier alpha value is -1.33. The van der Waals surface area contributed by atoms with E-state index >= 15 is 0 Å². The molecule has 142 valence electrons. The van der Waals surface area contributed by atoms with Crippen LogP contribution in [-0.2, 0) is 9.16 Å². The predicted molar refractivity (Wildman–Crippen MR) is 90.4 cm³/mol. The minimum absolute atomic E-state index is 0.147. The lowest BCUT2D eigenvalue weighted by Gasteiger charge is -2.39. The molecule has 0 saturated carbocycles. The van der Waals surface area contributed by atoms with Gasteiger partial charge in [-0.05, 0) is 18.1 Å². The van der Waals surface area contributed by atoms with Crippen molar-refractivity contribution in [1.29, 1.82) is 0 Å². The highest BCUT2D eigenvalue weighted by molar-refractivity contribution is 6.74. The Kier molecular flexibility index (Phi) is 5.41. The monoisotopic (exact) mass is 376 g/mol. The number of hydrogen-bond acceptors (Lipinski definition) is 6. The molecule has 0 unspecified atom stereocenters. The normalized spacial score (nSPS) is 27.7. The molecule has 1 aliphatic heterocycles. The molecule has 0 aliphatic carbocycles. The quantitative estimate of drug-likeness (QED) is 0.652. The number of halogens is 1. The molecule has 3 N–H and O–H groups in total. The van der Waals surface area contributed by atoms with Crippen molar-refractivity contribution in [2.75, 3.05) is 6.61 Å². The minimum atomic E-state index is -2.30. The average Bonchev–Trinajstić information content (AvgIpc) is 2.78. The number of rotatable bonds is 4. The summed E-state index contributed by atoms with van der Waals surface area (Å²) < 4.78 is 26.0. The van der Waals surface area contributed by atoms with Crippen LogP contribution in [0.25, 0.3) is 0 Å². The van der Waals surface area contributed by atoms with E-state index in [1.165, 1.54) is 0 Å². The van der Waals surface area contributed by atoms with Gasteiger partial charge in [-0.1, -0.05) is 20.8 Å². The second-order valence-corrected chi connectivity index (χ2v) is 12.5. The maximum atomic E-state index is 13.5. The van der Waals surface area contributed by atoms with Crippen LogP contribution in [0.15, 0.2) is 15.8 Å². The largest absolute Gasteiger partial charge is 0.408 e. The van der Waals surface area contributed by atoms with Crippen LogP contribution in [0.1, 0.15) is 27.0 Å². The van der Waals surface area contributed by atoms with Gasteiger partial charge in [0.25, 0.3) is 5.56 Å². The van der Waals surface area contributed by atoms with Crippen LogP contribution in [-0.4, -0.2) is 53.0 Å². The Morgan fingerprint density at radius 1 is 1.40 bits per heavy atom. The zero-order chi connectivity index (χ0) is 19.2. The second-order valence-electron chi connectivity index (χ2n) is 7.72. The first kappa shape index (κ1) is 20.0. The fourth-order valence-corrected chi connectivity index (χ4v) is 3.73. The third kappa shape index (κ3) is 3.77. The number of hydrogen-bond donors (Lipinski definition) is 3. The van der Waals surface area contributed by atoms with Crippen molar-refractivity contribution < 1.29 is 23.8 Å². The van der Waals surface area contributed by atoms with Crippen molar-refractivity contribution in [2.24, 2.45) is 0 Å². The molecule has 8 nitrogen and oxygen atoms in total. The minimum Gasteiger partial charge on any atom is -0.408 e. The summed E-state index contributed by atoms with van der Waals surface area (Å²) >= 11 is 0. The smallest absolute Gasteiger partial charge is 0.330 e. The lowest BCUT2D eigenvalue weighted by atomic mass is 10.1. The summed E-state index contributed by atoms with van der Waals surface area (Å²) in [5.74, 6) is -1.18. The highest BCUT2D eigenvalue weighted by atomic mass is 28.4. The van der Waals surface area contributed by atoms with Gasteiger partial charge in [0.1, 0.15) is 18.3 Å². The first-order valence-electron chi connectivity index (χ1n) is 8.02. The Bertz CT molecular complexity index is 741. The maximum absolute atomic E-state index is 13.5. The predicted octanol–water partition coefficient (Wildman–Crippen LogP) is 0.317. The molecule has 0 amide bonds. The van der Waals surface area contributed by atoms with Crippen molar-refractivity contribution in [3.05, 3.63) is 32.9 Å². The topological polar surface area (TPSA) is 114 Å². The first-order chi connectivity index (χ1) is 11.4. The van der Waals surface area contributed by atoms with E-state index in [0.29, 0.717) is 6.20 Å². The van der Waals surface area contributed by atoms with Gasteiger partial charge in [0.15, 0.2) is 14.5 Å². The van der Waals surface area contributed by atoms with E-state index in [4.69, 9.17) is 9.16 Å². The van der Waals surface area contributed by atoms with Crippen molar-refractivity contribution in [3.8, 4) is 0 Å². The number of aliphatic hydroxyl groups excluding tert-OH is 2. The molecule has 4 atom stereocenters. The number of aromatic nitrogens is 2. The number of nitrogens with zero attached hydrogens (tertiary/aromatic N) is 1. The lowest BCUT2D eigenvalue weighted by molar-refractivity contribution is -0.0551. The van der Waals surface area contributed by atoms with Crippen LogP contribution in [0.5, 0.6) is 0 Å². The van der Waals surface area contributed by atoms with E-state index in [9.17, 15) is 24.2 Å². The number of H-pyrrole nitrogens is 1. The van der Waals surface area contributed by atoms with E-state index < -0.39 is 56.5 Å². The molecule has 25 heavy (non-hydrogen) atoms. The summed E-state index contributed by atoms with van der Waals surface area (Å²) in [6.07, 6.45) is -3.66. The van der Waals surface area contributed by atoms with Gasteiger partial charge in [-0.25, -0.2) is 4.79 Å². The molecular weight excluding hydrogens is 351 g/mol. The Morgan fingerprint density at radius 2 is 2.00 bits per heavy atom. The molecule has 1 aromatic rings. The van der Waals surface area contributed by atoms with E-state index in [1.54, 1.807) is 0 Å². The fraction of sp³-hybridized carbons (Fsp3) is 0.733. The van der Waals surface area contributed by atoms with Crippen LogP contribution < -0.4 is 11.2 Å². The van der Waals surface area contributed by atoms with Gasteiger partial charge >= 0.3 is 5.69 Å². The summed E-state index contributed by atoms with van der Waals surface area (Å²) in [5.41, 5.74) is -2.07. The highest BCUT2D eigenvalue weighted by Crippen LogP contribution is 2.40. The maximum Gasteiger partial charge on any atom is 0.330 e. The summed E-state index contributed by atoms with van der Waals surface area (Å²) in [6, 6.07) is 0. The van der Waals surface area contributed by atoms with Crippen molar-refractivity contribution >= 4 is 8.32 Å². The molecule has 1 aliphatic rings. The van der Waals surface area contributed by atoms with Gasteiger partial charge in [0.05, 0.1) is 12.8 Å². The fourth-order valence-electron chi connectivity index (χ4n) is 2.41. The second kappa shape index (κ2) is 6.76. The number of aliphatic hydroxyl groups is 2. The van der Waals surface area contributed by atoms with Gasteiger partial charge in [-0.15, -0.1) is 0 Å². The van der Waals surface area contributed by atoms with Gasteiger partial charge in [0, 0.05) is 0 Å². The summed E-state index contributed by atoms with van der Waals surface area (Å²) in [7, 11) is -2.30. The standard InChI is InChI=1S/C15H25FN2O6Si/c1-15(2,3)25(4,5)24-11-9(7-19)23-13(10(11)20)18-6-8(16)12(21)17-14(18)22/h6,9-11,13,19-20H,7H2,1-5H3,(H,17,21,22)/t9-,10-,11-,13-/m1/s1. The molecule has 1 aromatic heterocycles. The summed E-state index contributed by atoms with van der Waals surface area (Å²) in [6.45, 7) is 9.59. The number of ether oxygens (including phenoxy) is 1. The average molecular weight is 376 g/mol. The molecule has 0 bridgehead atoms. The van der Waals surface area contributed by atoms with Crippen molar-refractivity contribution in [3.63, 3.8) is 0 Å². The first-order valence-corrected chi connectivity index (χ1v) is 10.9. The van der Waals surface area contributed by atoms with Crippen LogP contribution in [0.3, 0.4) is 0 Å². The zero-order valence-corrected chi connectivity index (χ0v) is 15.9. The van der Waals surface area contributed by atoms with Crippen LogP contribution >= 0.6 is 0 Å². The lowest BCUT2D eigenvalue weighted by Crippen LogP contribution is -2.50. The number of aromatic amines is 1. The van der Waals surface area contributed by atoms with Gasteiger partial charge < -0.3 is 19.4 Å². The third-order valence-electron chi connectivity index (χ3n) is 4.92. The van der Waals surface area contributed by atoms with Gasteiger partial charge in [-0.2, -0.15) is 4.39 Å². The molecule has 1 fully saturated rings. The van der Waals surface area contributed by atoms with E-state index in [-0.39, 0.29) is 5.04 Å². The molecule has 0 radical (unpaired) electrons. The van der Waals surface area contributed by atoms with Crippen LogP contribution in [0.4, 0.5) is 4.39 Å². The molecule has 2 heterocycles. The molecule has 0 aromatic carbocycles. The summed E-state index contributed by atoms with van der Waals surface area (Å²) in [5, 5.41) is 20.0. The number of nitrogens with one attached hydrogen (secondary N) is 1. The van der Waals surface area contributed by atoms with Crippen LogP contribution in [0.2, 0.25) is 18.1 Å². The summed E-state index contributed by atoms with van der Waals surface area (Å²) in [4.78, 5) is 24.9. The van der Waals surface area contributed by atoms with Crippen LogP contribution in [0, 0.1) is 5.82 Å². The van der Waals surface area contributed by atoms with E-state index in [1.807, 2.05) is 38.8 Å². The molecule has 0 spiro atoms. The SMILES string of the molecule is CC(C)(C)[Si](C)(C)O[C@H]1[C@@H](O)[C@H](n2cc(F)c(=O)[nH]c2=O)O[C@@H]1CO.